The second-order valence-corrected chi connectivity index (χ2v) is 6.92. The smallest absolute Gasteiger partial charge is 0.410 e. The zero-order valence-corrected chi connectivity index (χ0v) is 14.9. The molecule has 138 valence electrons. The van der Waals surface area contributed by atoms with E-state index in [1.807, 2.05) is 60.7 Å². The molecule has 1 saturated heterocycles. The molecule has 5 nitrogen and oxygen atoms in total. The minimum Gasteiger partial charge on any atom is -0.453 e. The van der Waals surface area contributed by atoms with Crippen molar-refractivity contribution in [1.82, 2.24) is 4.90 Å². The summed E-state index contributed by atoms with van der Waals surface area (Å²) in [6.45, 7) is 0. The molecule has 1 amide bonds. The Morgan fingerprint density at radius 2 is 1.59 bits per heavy atom. The predicted molar refractivity (Wildman–Crippen MR) is 100 cm³/mol. The van der Waals surface area contributed by atoms with E-state index < -0.39 is 36.1 Å². The van der Waals surface area contributed by atoms with Gasteiger partial charge < -0.3 is 9.84 Å². The van der Waals surface area contributed by atoms with Crippen LogP contribution in [0.4, 0.5) is 4.79 Å². The van der Waals surface area contributed by atoms with Crippen LogP contribution in [0.15, 0.2) is 72.8 Å². The molecule has 1 N–H and O–H groups in total. The van der Waals surface area contributed by atoms with Crippen LogP contribution in [0, 0.1) is 5.92 Å². The van der Waals surface area contributed by atoms with Crippen LogP contribution in [0.2, 0.25) is 0 Å². The highest BCUT2D eigenvalue weighted by Crippen LogP contribution is 2.45. The first kappa shape index (κ1) is 17.5. The van der Waals surface area contributed by atoms with Crippen LogP contribution >= 0.6 is 0 Å². The fourth-order valence-corrected chi connectivity index (χ4v) is 4.29. The highest BCUT2D eigenvalue weighted by atomic mass is 16.5. The van der Waals surface area contributed by atoms with Crippen molar-refractivity contribution in [1.29, 1.82) is 0 Å². The summed E-state index contributed by atoms with van der Waals surface area (Å²) >= 11 is 0. The van der Waals surface area contributed by atoms with Gasteiger partial charge in [0.2, 0.25) is 0 Å². The number of benzene rings is 2. The topological polar surface area (TPSA) is 66.8 Å². The van der Waals surface area contributed by atoms with Gasteiger partial charge in [0.05, 0.1) is 37.1 Å². The lowest BCUT2D eigenvalue weighted by molar-refractivity contribution is -0.135. The molecule has 27 heavy (non-hydrogen) atoms. The average molecular weight is 363 g/mol. The average Bonchev–Trinajstić information content (AvgIpc) is 3.06. The third kappa shape index (κ3) is 2.84. The van der Waals surface area contributed by atoms with Gasteiger partial charge in [0.25, 0.3) is 0 Å². The SMILES string of the molecule is COC(=O)N1[C@@H]2C=C[C@H]1[C@@H](c1ccccc1)C(=O)[C@@H]2[C@H](O)c1ccccc1. The number of fused-ring (bicyclic) bond motifs is 2. The Morgan fingerprint density at radius 3 is 2.22 bits per heavy atom. The molecule has 0 radical (unpaired) electrons. The van der Waals surface area contributed by atoms with E-state index in [0.29, 0.717) is 5.56 Å². The Bertz CT molecular complexity index is 864. The van der Waals surface area contributed by atoms with Crippen LogP contribution in [0.5, 0.6) is 0 Å². The van der Waals surface area contributed by atoms with Gasteiger partial charge in [-0.05, 0) is 11.1 Å². The molecule has 2 aromatic rings. The van der Waals surface area contributed by atoms with Gasteiger partial charge in [-0.3, -0.25) is 9.69 Å². The summed E-state index contributed by atoms with van der Waals surface area (Å²) in [5.41, 5.74) is 1.49. The second kappa shape index (κ2) is 7.00. The Kier molecular flexibility index (Phi) is 4.54. The number of carbonyl (C=O) groups excluding carboxylic acids is 2. The van der Waals surface area contributed by atoms with Crippen molar-refractivity contribution in [3.05, 3.63) is 83.9 Å². The molecule has 5 heteroatoms. The van der Waals surface area contributed by atoms with Gasteiger partial charge in [-0.1, -0.05) is 72.8 Å². The third-order valence-corrected chi connectivity index (χ3v) is 5.52. The second-order valence-electron chi connectivity index (χ2n) is 6.92. The van der Waals surface area contributed by atoms with Crippen molar-refractivity contribution in [2.45, 2.75) is 24.1 Å². The first-order valence-corrected chi connectivity index (χ1v) is 8.99. The van der Waals surface area contributed by atoms with E-state index in [0.717, 1.165) is 5.56 Å². The van der Waals surface area contributed by atoms with Crippen LogP contribution in [0.25, 0.3) is 0 Å². The molecule has 2 aliphatic heterocycles. The normalized spacial score (nSPS) is 27.5. The number of hydrogen-bond acceptors (Lipinski definition) is 4. The van der Waals surface area contributed by atoms with Crippen molar-refractivity contribution in [3.63, 3.8) is 0 Å². The molecule has 2 aromatic carbocycles. The first-order valence-electron chi connectivity index (χ1n) is 8.99. The first-order chi connectivity index (χ1) is 13.1. The molecule has 4 rings (SSSR count). The summed E-state index contributed by atoms with van der Waals surface area (Å²) < 4.78 is 4.98. The number of ketones is 1. The van der Waals surface area contributed by atoms with Crippen LogP contribution in [0.3, 0.4) is 0 Å². The number of aliphatic hydroxyl groups excluding tert-OH is 1. The molecule has 2 aliphatic rings. The van der Waals surface area contributed by atoms with Gasteiger partial charge in [0.1, 0.15) is 0 Å². The third-order valence-electron chi connectivity index (χ3n) is 5.52. The van der Waals surface area contributed by atoms with E-state index in [2.05, 4.69) is 0 Å². The standard InChI is InChI=1S/C22H21NO4/c1-27-22(26)23-16-12-13-17(23)19(20(24)15-10-6-3-7-11-15)21(25)18(16)14-8-4-2-5-9-14/h2-13,16-20,24H,1H3/t16-,17+,18+,19-,20+/m0/s1. The van der Waals surface area contributed by atoms with E-state index in [4.69, 9.17) is 4.74 Å². The number of nitrogens with zero attached hydrogens (tertiary/aromatic N) is 1. The number of ether oxygens (including phenoxy) is 1. The molecular weight excluding hydrogens is 342 g/mol. The van der Waals surface area contributed by atoms with Crippen LogP contribution in [-0.4, -0.2) is 41.1 Å². The van der Waals surface area contributed by atoms with E-state index in [9.17, 15) is 14.7 Å². The number of aliphatic hydroxyl groups is 1. The van der Waals surface area contributed by atoms with E-state index >= 15 is 0 Å². The number of Topliss-reactive ketones (excluding diaryl/α,β-unsaturated/α-hetero) is 1. The number of hydrogen-bond donors (Lipinski definition) is 1. The quantitative estimate of drug-likeness (QED) is 0.851. The van der Waals surface area contributed by atoms with Gasteiger partial charge in [-0.15, -0.1) is 0 Å². The van der Waals surface area contributed by atoms with E-state index in [1.165, 1.54) is 7.11 Å². The number of piperidine rings is 1. The maximum absolute atomic E-state index is 13.5. The Morgan fingerprint density at radius 1 is 1.00 bits per heavy atom. The zero-order chi connectivity index (χ0) is 19.0. The lowest BCUT2D eigenvalue weighted by atomic mass is 9.74. The lowest BCUT2D eigenvalue weighted by Crippen LogP contribution is -2.57. The number of rotatable bonds is 3. The minimum atomic E-state index is -1.01. The number of carbonyl (C=O) groups is 2. The van der Waals surface area contributed by atoms with Gasteiger partial charge >= 0.3 is 6.09 Å². The molecule has 0 saturated carbocycles. The Balaban J connectivity index is 1.79. The maximum Gasteiger partial charge on any atom is 0.410 e. The Labute approximate surface area is 157 Å². The number of amides is 1. The fraction of sp³-hybridized carbons (Fsp3) is 0.273. The van der Waals surface area contributed by atoms with Crippen molar-refractivity contribution in [2.75, 3.05) is 7.11 Å². The summed E-state index contributed by atoms with van der Waals surface area (Å²) in [7, 11) is 1.33. The lowest BCUT2D eigenvalue weighted by Gasteiger charge is -2.44. The molecule has 2 heterocycles. The van der Waals surface area contributed by atoms with E-state index in [-0.39, 0.29) is 5.78 Å². The van der Waals surface area contributed by atoms with Crippen molar-refractivity contribution >= 4 is 11.9 Å². The summed E-state index contributed by atoms with van der Waals surface area (Å²) in [6, 6.07) is 17.6. The highest BCUT2D eigenvalue weighted by Gasteiger charge is 2.54. The van der Waals surface area contributed by atoms with Crippen molar-refractivity contribution in [3.8, 4) is 0 Å². The molecular formula is C22H21NO4. The molecule has 0 aromatic heterocycles. The zero-order valence-electron chi connectivity index (χ0n) is 14.9. The molecule has 5 atom stereocenters. The largest absolute Gasteiger partial charge is 0.453 e. The van der Waals surface area contributed by atoms with E-state index in [1.54, 1.807) is 17.0 Å². The van der Waals surface area contributed by atoms with Crippen LogP contribution in [0.1, 0.15) is 23.1 Å². The van der Waals surface area contributed by atoms with Crippen molar-refractivity contribution < 1.29 is 19.4 Å². The summed E-state index contributed by atoms with van der Waals surface area (Å²) in [4.78, 5) is 27.5. The molecule has 0 aliphatic carbocycles. The van der Waals surface area contributed by atoms with Crippen LogP contribution in [-0.2, 0) is 9.53 Å². The van der Waals surface area contributed by atoms with Gasteiger partial charge in [-0.2, -0.15) is 0 Å². The van der Waals surface area contributed by atoms with Gasteiger partial charge in [-0.25, -0.2) is 4.79 Å². The minimum absolute atomic E-state index is 0.0577. The summed E-state index contributed by atoms with van der Waals surface area (Å²) in [5.74, 6) is -1.35. The monoisotopic (exact) mass is 363 g/mol. The highest BCUT2D eigenvalue weighted by molar-refractivity contribution is 5.94. The Hall–Kier alpha value is -2.92. The van der Waals surface area contributed by atoms with Crippen LogP contribution < -0.4 is 0 Å². The summed E-state index contributed by atoms with van der Waals surface area (Å²) in [5, 5.41) is 11.0. The van der Waals surface area contributed by atoms with Crippen molar-refractivity contribution in [2.24, 2.45) is 5.92 Å². The maximum atomic E-state index is 13.5. The summed E-state index contributed by atoms with van der Waals surface area (Å²) in [6.07, 6.45) is 2.23. The molecule has 1 fully saturated rings. The van der Waals surface area contributed by atoms with Gasteiger partial charge in [0, 0.05) is 0 Å². The predicted octanol–water partition coefficient (Wildman–Crippen LogP) is 3.08. The fourth-order valence-electron chi connectivity index (χ4n) is 4.29. The van der Waals surface area contributed by atoms with Gasteiger partial charge in [0.15, 0.2) is 5.78 Å². The molecule has 0 spiro atoms. The molecule has 0 unspecified atom stereocenters. The molecule has 2 bridgehead atoms. The number of methoxy groups -OCH3 is 1.